The minimum atomic E-state index is -4.81. The van der Waals surface area contributed by atoms with Gasteiger partial charge in [-0.05, 0) is 156 Å². The van der Waals surface area contributed by atoms with E-state index >= 15 is 0 Å². The highest BCUT2D eigenvalue weighted by Crippen LogP contribution is 2.37. The molecule has 0 bridgehead atoms. The van der Waals surface area contributed by atoms with Crippen LogP contribution in [0.1, 0.15) is 101 Å². The molecule has 0 spiro atoms. The summed E-state index contributed by atoms with van der Waals surface area (Å²) >= 11 is 25.2. The van der Waals surface area contributed by atoms with Crippen molar-refractivity contribution >= 4 is 81.9 Å². The first-order chi connectivity index (χ1) is 42.9. The molecule has 89 heavy (non-hydrogen) atoms. The first-order valence-corrected chi connectivity index (χ1v) is 29.3. The van der Waals surface area contributed by atoms with E-state index in [2.05, 4.69) is 62.7 Å². The Morgan fingerprint density at radius 3 is 1.26 bits per heavy atom. The Hall–Kier alpha value is -9.49. The number of nitrogens with one attached hydrogen (secondary N) is 4. The molecule has 4 aromatic heterocycles. The summed E-state index contributed by atoms with van der Waals surface area (Å²) in [6.45, 7) is 3.11. The topological polar surface area (TPSA) is 253 Å². The van der Waals surface area contributed by atoms with E-state index in [1.807, 2.05) is 87.1 Å². The van der Waals surface area contributed by atoms with Crippen molar-refractivity contribution in [2.45, 2.75) is 57.0 Å². The summed E-state index contributed by atoms with van der Waals surface area (Å²) in [5, 5.41) is 43.4. The molecule has 2 fully saturated rings. The molecule has 2 aliphatic heterocycles. The van der Waals surface area contributed by atoms with Crippen molar-refractivity contribution in [1.29, 1.82) is 0 Å². The summed E-state index contributed by atoms with van der Waals surface area (Å²) in [6.07, 6.45) is -1.91. The summed E-state index contributed by atoms with van der Waals surface area (Å²) < 4.78 is 45.4. The fourth-order valence-electron chi connectivity index (χ4n) is 10.6. The van der Waals surface area contributed by atoms with Crippen LogP contribution in [0.4, 0.5) is 25.1 Å². The number of amides is 4. The lowest BCUT2D eigenvalue weighted by Crippen LogP contribution is -2.38. The SMILES string of the molecule is O=C(Nc1nn[nH]n1)c1ccc(Cn2nc(-c3cc(Cl)cc(Cl)c3)cc2C2CCN(C(=O)c3ccc(OC(F)(F)F)cc3)CC2)cc1.O=C(Nc1nn[nH]n1)c1ccc(Cn2nc(-c3cc(Cl)cc(Cl)c3)cc2C2CCN(C(=O)c3ccccc3)CC2)cc1. The summed E-state index contributed by atoms with van der Waals surface area (Å²) in [7, 11) is 0. The molecule has 6 aromatic carbocycles. The minimum absolute atomic E-state index is 0.0533. The van der Waals surface area contributed by atoms with E-state index in [0.29, 0.717) is 94.6 Å². The van der Waals surface area contributed by atoms with Crippen molar-refractivity contribution in [1.82, 2.24) is 70.6 Å². The number of tetrazole rings is 2. The molecule has 2 saturated heterocycles. The Balaban J connectivity index is 0.000000185. The van der Waals surface area contributed by atoms with Gasteiger partial charge in [-0.1, -0.05) is 99.1 Å². The van der Waals surface area contributed by atoms with Crippen molar-refractivity contribution in [2.75, 3.05) is 36.8 Å². The lowest BCUT2D eigenvalue weighted by atomic mass is 9.92. The fraction of sp³-hybridized carbons (Fsp3) is 0.213. The molecule has 0 atom stereocenters. The van der Waals surface area contributed by atoms with Gasteiger partial charge < -0.3 is 14.5 Å². The zero-order valence-corrected chi connectivity index (χ0v) is 49.7. The number of alkyl halides is 3. The van der Waals surface area contributed by atoms with E-state index in [9.17, 15) is 32.3 Å². The zero-order valence-electron chi connectivity index (χ0n) is 46.7. The largest absolute Gasteiger partial charge is 0.573 e. The van der Waals surface area contributed by atoms with E-state index in [1.54, 1.807) is 53.4 Å². The van der Waals surface area contributed by atoms with Crippen LogP contribution in [0.15, 0.2) is 152 Å². The molecule has 0 unspecified atom stereocenters. The number of rotatable bonds is 15. The van der Waals surface area contributed by atoms with E-state index in [-0.39, 0.29) is 58.7 Å². The summed E-state index contributed by atoms with van der Waals surface area (Å²) in [5.74, 6) is -0.888. The van der Waals surface area contributed by atoms with Crippen LogP contribution in [0.3, 0.4) is 0 Å². The first kappa shape index (κ1) is 61.2. The summed E-state index contributed by atoms with van der Waals surface area (Å²) in [4.78, 5) is 54.8. The number of benzene rings is 6. The second kappa shape index (κ2) is 27.3. The number of anilines is 2. The van der Waals surface area contributed by atoms with Crippen molar-refractivity contribution in [2.24, 2.45) is 0 Å². The number of aromatic amines is 2. The maximum Gasteiger partial charge on any atom is 0.573 e. The molecule has 4 N–H and O–H groups in total. The lowest BCUT2D eigenvalue weighted by Gasteiger charge is -2.32. The average Bonchev–Trinajstić information content (AvgIpc) is 2.24. The lowest BCUT2D eigenvalue weighted by molar-refractivity contribution is -0.274. The van der Waals surface area contributed by atoms with Crippen molar-refractivity contribution < 1.29 is 37.1 Å². The molecular weight excluding hydrogens is 1240 g/mol. The Bertz CT molecular complexity index is 4060. The second-order valence-corrected chi connectivity index (χ2v) is 22.6. The normalized spacial score (nSPS) is 13.8. The molecule has 0 saturated carbocycles. The highest BCUT2D eigenvalue weighted by atomic mass is 35.5. The molecule has 6 heterocycles. The van der Waals surface area contributed by atoms with Gasteiger partial charge in [0.1, 0.15) is 5.75 Å². The van der Waals surface area contributed by atoms with E-state index in [4.69, 9.17) is 56.6 Å². The van der Waals surface area contributed by atoms with Gasteiger partial charge >= 0.3 is 6.36 Å². The number of aromatic nitrogens is 12. The zero-order chi connectivity index (χ0) is 62.2. The minimum Gasteiger partial charge on any atom is -0.406 e. The molecule has 28 heteroatoms. The number of hydrogen-bond donors (Lipinski definition) is 4. The van der Waals surface area contributed by atoms with Gasteiger partial charge in [-0.25, -0.2) is 0 Å². The van der Waals surface area contributed by atoms with E-state index in [0.717, 1.165) is 64.3 Å². The standard InChI is InChI=1S/C31H25Cl2F3N8O3.C30H26Cl2N8O2/c32-23-13-22(14-24(33)15-23)26-16-27(44(40-26)17-18-1-3-20(4-2-18)28(45)37-30-38-41-42-39-30)19-9-11-43(12-10-19)29(46)21-5-7-25(8-6-21)47-31(34,35)36;31-24-14-23(15-25(32)16-24)26-17-27(20-10-12-39(13-11-20)29(42)22-4-2-1-3-5-22)40(36-26)18-19-6-8-21(9-7-19)28(41)33-30-34-37-38-35-30/h1-8,13-16,19H,9-12,17H2,(H2,37,38,39,41,42,45);1-9,14-17,20H,10-13,18H2,(H2,33,34,35,37,38,41). The fourth-order valence-corrected chi connectivity index (χ4v) is 11.7. The smallest absolute Gasteiger partial charge is 0.406 e. The maximum absolute atomic E-state index is 13.1. The number of ether oxygens (including phenoxy) is 1. The van der Waals surface area contributed by atoms with Crippen LogP contribution in [-0.2, 0) is 13.1 Å². The highest BCUT2D eigenvalue weighted by molar-refractivity contribution is 6.35. The van der Waals surface area contributed by atoms with Gasteiger partial charge in [0.15, 0.2) is 0 Å². The van der Waals surface area contributed by atoms with Crippen LogP contribution in [-0.4, -0.2) is 127 Å². The Kier molecular flexibility index (Phi) is 18.7. The Morgan fingerprint density at radius 2 is 0.888 bits per heavy atom. The molecule has 0 aliphatic carbocycles. The molecule has 0 radical (unpaired) electrons. The van der Waals surface area contributed by atoms with Crippen LogP contribution >= 0.6 is 46.4 Å². The number of carbonyl (C=O) groups is 4. The van der Waals surface area contributed by atoms with Gasteiger partial charge in [0.2, 0.25) is 0 Å². The average molecular weight is 1290 g/mol. The third-order valence-corrected chi connectivity index (χ3v) is 15.8. The van der Waals surface area contributed by atoms with Crippen LogP contribution < -0.4 is 15.4 Å². The van der Waals surface area contributed by atoms with Gasteiger partial charge in [-0.15, -0.1) is 23.4 Å². The quantitative estimate of drug-likeness (QED) is 0.0746. The first-order valence-electron chi connectivity index (χ1n) is 27.8. The summed E-state index contributed by atoms with van der Waals surface area (Å²) in [5.41, 5.74) is 8.79. The van der Waals surface area contributed by atoms with Gasteiger partial charge in [-0.2, -0.15) is 20.6 Å². The number of carbonyl (C=O) groups excluding carboxylic acids is 4. The number of hydrogen-bond acceptors (Lipinski definition) is 13. The van der Waals surface area contributed by atoms with Crippen molar-refractivity contribution in [3.8, 4) is 28.3 Å². The van der Waals surface area contributed by atoms with Crippen LogP contribution in [0, 0.1) is 0 Å². The van der Waals surface area contributed by atoms with Crippen LogP contribution in [0.25, 0.3) is 22.5 Å². The number of H-pyrrole nitrogens is 2. The van der Waals surface area contributed by atoms with E-state index < -0.39 is 6.36 Å². The number of piperidine rings is 2. The number of halogens is 7. The highest BCUT2D eigenvalue weighted by Gasteiger charge is 2.33. The van der Waals surface area contributed by atoms with Crippen LogP contribution in [0.2, 0.25) is 20.1 Å². The summed E-state index contributed by atoms with van der Waals surface area (Å²) in [6, 6.07) is 43.3. The Labute approximate surface area is 525 Å². The second-order valence-electron chi connectivity index (χ2n) is 20.9. The molecule has 10 aromatic rings. The molecule has 454 valence electrons. The molecule has 12 rings (SSSR count). The van der Waals surface area contributed by atoms with Crippen molar-refractivity contribution in [3.63, 3.8) is 0 Å². The molecule has 2 aliphatic rings. The third kappa shape index (κ3) is 15.6. The van der Waals surface area contributed by atoms with Gasteiger partial charge in [0, 0.05) is 103 Å². The van der Waals surface area contributed by atoms with Gasteiger partial charge in [0.05, 0.1) is 24.5 Å². The third-order valence-electron chi connectivity index (χ3n) is 14.9. The van der Waals surface area contributed by atoms with Gasteiger partial charge in [-0.3, -0.25) is 39.2 Å². The van der Waals surface area contributed by atoms with Crippen molar-refractivity contribution in [3.05, 3.63) is 217 Å². The number of nitrogens with zero attached hydrogens (tertiary/aromatic N) is 12. The van der Waals surface area contributed by atoms with Gasteiger partial charge in [0.25, 0.3) is 35.5 Å². The Morgan fingerprint density at radius 1 is 0.506 bits per heavy atom. The molecule has 4 amide bonds. The molecular formula is C61H51Cl4F3N16O5. The predicted molar refractivity (Wildman–Crippen MR) is 326 cm³/mol. The molecule has 21 nitrogen and oxygen atoms in total. The number of likely N-dealkylation sites (tertiary alicyclic amines) is 2. The monoisotopic (exact) mass is 1280 g/mol. The predicted octanol–water partition coefficient (Wildman–Crippen LogP) is 12.3. The van der Waals surface area contributed by atoms with E-state index in [1.165, 1.54) is 12.1 Å². The maximum atomic E-state index is 13.1. The van der Waals surface area contributed by atoms with Crippen LogP contribution in [0.5, 0.6) is 5.75 Å².